The minimum absolute atomic E-state index is 0.632. The van der Waals surface area contributed by atoms with Gasteiger partial charge in [-0.2, -0.15) is 0 Å². The Balaban J connectivity index is 1.73. The molecule has 1 aromatic rings. The fraction of sp³-hybridized carbons (Fsp3) is 0.625. The van der Waals surface area contributed by atoms with Crippen LogP contribution in [0, 0.1) is 0 Å². The van der Waals surface area contributed by atoms with Crippen LogP contribution in [-0.4, -0.2) is 38.8 Å². The summed E-state index contributed by atoms with van der Waals surface area (Å²) in [5.41, 5.74) is 2.76. The van der Waals surface area contributed by atoms with E-state index in [1.165, 1.54) is 43.7 Å². The molecule has 0 saturated carbocycles. The highest BCUT2D eigenvalue weighted by atomic mass is 15.2. The Hall–Kier alpha value is -1.22. The topological polar surface area (TPSA) is 18.5 Å². The molecule has 2 fully saturated rings. The average molecular weight is 259 g/mol. The van der Waals surface area contributed by atoms with E-state index >= 15 is 0 Å². The van der Waals surface area contributed by atoms with Crippen LogP contribution in [-0.2, 0) is 0 Å². The highest BCUT2D eigenvalue weighted by Crippen LogP contribution is 2.25. The molecule has 0 aromatic heterocycles. The van der Waals surface area contributed by atoms with Gasteiger partial charge in [-0.15, -0.1) is 0 Å². The van der Waals surface area contributed by atoms with Gasteiger partial charge in [-0.05, 0) is 57.0 Å². The van der Waals surface area contributed by atoms with Gasteiger partial charge < -0.3 is 15.1 Å². The molecule has 0 aliphatic carbocycles. The Morgan fingerprint density at radius 2 is 1.63 bits per heavy atom. The van der Waals surface area contributed by atoms with Crippen molar-refractivity contribution in [2.75, 3.05) is 42.5 Å². The van der Waals surface area contributed by atoms with Gasteiger partial charge in [-0.1, -0.05) is 0 Å². The van der Waals surface area contributed by atoms with Gasteiger partial charge in [0.05, 0.1) is 0 Å². The minimum Gasteiger partial charge on any atom is -0.372 e. The van der Waals surface area contributed by atoms with E-state index in [2.05, 4.69) is 46.3 Å². The molecule has 2 aliphatic rings. The summed E-state index contributed by atoms with van der Waals surface area (Å²) in [4.78, 5) is 5.03. The molecule has 1 atom stereocenters. The van der Waals surface area contributed by atoms with Crippen LogP contribution in [0.25, 0.3) is 0 Å². The molecule has 1 aromatic carbocycles. The Morgan fingerprint density at radius 1 is 0.947 bits per heavy atom. The number of anilines is 2. The number of nitrogens with one attached hydrogen (secondary N) is 1. The quantitative estimate of drug-likeness (QED) is 0.880. The van der Waals surface area contributed by atoms with Crippen LogP contribution < -0.4 is 15.1 Å². The summed E-state index contributed by atoms with van der Waals surface area (Å²) >= 11 is 0. The lowest BCUT2D eigenvalue weighted by Crippen LogP contribution is -2.34. The molecule has 1 N–H and O–H groups in total. The fourth-order valence-corrected chi connectivity index (χ4v) is 3.23. The third kappa shape index (κ3) is 2.86. The third-order valence-corrected chi connectivity index (χ3v) is 4.45. The van der Waals surface area contributed by atoms with Crippen molar-refractivity contribution < 1.29 is 0 Å². The third-order valence-electron chi connectivity index (χ3n) is 4.45. The summed E-state index contributed by atoms with van der Waals surface area (Å²) < 4.78 is 0. The maximum atomic E-state index is 3.48. The molecule has 3 rings (SSSR count). The molecule has 2 heterocycles. The van der Waals surface area contributed by atoms with E-state index in [9.17, 15) is 0 Å². The van der Waals surface area contributed by atoms with E-state index in [-0.39, 0.29) is 0 Å². The van der Waals surface area contributed by atoms with E-state index in [1.54, 1.807) is 0 Å². The van der Waals surface area contributed by atoms with E-state index in [0.29, 0.717) is 6.04 Å². The SMILES string of the molecule is CC1CCNCCN1c1ccc(N2CCCC2)cc1. The van der Waals surface area contributed by atoms with Gasteiger partial charge in [0.25, 0.3) is 0 Å². The Labute approximate surface area is 116 Å². The van der Waals surface area contributed by atoms with Crippen LogP contribution in [0.2, 0.25) is 0 Å². The average Bonchev–Trinajstić information content (AvgIpc) is 2.89. The Kier molecular flexibility index (Phi) is 3.92. The van der Waals surface area contributed by atoms with Crippen molar-refractivity contribution >= 4 is 11.4 Å². The first kappa shape index (κ1) is 12.8. The van der Waals surface area contributed by atoms with Gasteiger partial charge in [0, 0.05) is 43.6 Å². The van der Waals surface area contributed by atoms with Crippen LogP contribution in [0.15, 0.2) is 24.3 Å². The van der Waals surface area contributed by atoms with E-state index < -0.39 is 0 Å². The molecule has 0 spiro atoms. The van der Waals surface area contributed by atoms with Crippen LogP contribution in [0.4, 0.5) is 11.4 Å². The van der Waals surface area contributed by atoms with Gasteiger partial charge >= 0.3 is 0 Å². The Bertz CT molecular complexity index is 395. The predicted octanol–water partition coefficient (Wildman–Crippen LogP) is 2.48. The van der Waals surface area contributed by atoms with Crippen molar-refractivity contribution in [1.82, 2.24) is 5.32 Å². The van der Waals surface area contributed by atoms with Crippen LogP contribution in [0.5, 0.6) is 0 Å². The van der Waals surface area contributed by atoms with Crippen LogP contribution >= 0.6 is 0 Å². The molecule has 19 heavy (non-hydrogen) atoms. The van der Waals surface area contributed by atoms with Crippen molar-refractivity contribution in [2.24, 2.45) is 0 Å². The molecule has 3 heteroatoms. The molecule has 2 aliphatic heterocycles. The summed E-state index contributed by atoms with van der Waals surface area (Å²) in [5.74, 6) is 0. The van der Waals surface area contributed by atoms with Crippen molar-refractivity contribution in [3.8, 4) is 0 Å². The van der Waals surface area contributed by atoms with Gasteiger partial charge in [-0.25, -0.2) is 0 Å². The monoisotopic (exact) mass is 259 g/mol. The number of hydrogen-bond acceptors (Lipinski definition) is 3. The second-order valence-corrected chi connectivity index (χ2v) is 5.79. The lowest BCUT2D eigenvalue weighted by molar-refractivity contribution is 0.631. The van der Waals surface area contributed by atoms with Crippen LogP contribution in [0.1, 0.15) is 26.2 Å². The van der Waals surface area contributed by atoms with Gasteiger partial charge in [-0.3, -0.25) is 0 Å². The van der Waals surface area contributed by atoms with Gasteiger partial charge in [0.2, 0.25) is 0 Å². The standard InChI is InChI=1S/C16H25N3/c1-14-8-9-17-10-13-19(14)16-6-4-15(5-7-16)18-11-2-3-12-18/h4-7,14,17H,2-3,8-13H2,1H3. The highest BCUT2D eigenvalue weighted by molar-refractivity contribution is 5.57. The molecule has 0 amide bonds. The molecule has 104 valence electrons. The van der Waals surface area contributed by atoms with Crippen molar-refractivity contribution in [3.63, 3.8) is 0 Å². The molecular weight excluding hydrogens is 234 g/mol. The van der Waals surface area contributed by atoms with Crippen molar-refractivity contribution in [3.05, 3.63) is 24.3 Å². The summed E-state index contributed by atoms with van der Waals surface area (Å²) in [6.07, 6.45) is 3.92. The first-order chi connectivity index (χ1) is 9.34. The zero-order valence-corrected chi connectivity index (χ0v) is 11.9. The smallest absolute Gasteiger partial charge is 0.0370 e. The van der Waals surface area contributed by atoms with Crippen molar-refractivity contribution in [2.45, 2.75) is 32.2 Å². The number of rotatable bonds is 2. The normalized spacial score (nSPS) is 24.6. The summed E-state index contributed by atoms with van der Waals surface area (Å²) in [7, 11) is 0. The lowest BCUT2D eigenvalue weighted by Gasteiger charge is -2.29. The highest BCUT2D eigenvalue weighted by Gasteiger charge is 2.17. The summed E-state index contributed by atoms with van der Waals surface area (Å²) in [6.45, 7) is 8.14. The number of nitrogens with zero attached hydrogens (tertiary/aromatic N) is 2. The minimum atomic E-state index is 0.632. The Morgan fingerprint density at radius 3 is 2.37 bits per heavy atom. The van der Waals surface area contributed by atoms with E-state index in [1.807, 2.05) is 0 Å². The maximum absolute atomic E-state index is 3.48. The largest absolute Gasteiger partial charge is 0.372 e. The zero-order chi connectivity index (χ0) is 13.1. The predicted molar refractivity (Wildman–Crippen MR) is 82.2 cm³/mol. The second kappa shape index (κ2) is 5.83. The molecule has 3 nitrogen and oxygen atoms in total. The van der Waals surface area contributed by atoms with E-state index in [4.69, 9.17) is 0 Å². The summed E-state index contributed by atoms with van der Waals surface area (Å²) in [5, 5.41) is 3.48. The molecule has 0 bridgehead atoms. The first-order valence-corrected chi connectivity index (χ1v) is 7.67. The van der Waals surface area contributed by atoms with Crippen molar-refractivity contribution in [1.29, 1.82) is 0 Å². The van der Waals surface area contributed by atoms with Crippen LogP contribution in [0.3, 0.4) is 0 Å². The summed E-state index contributed by atoms with van der Waals surface area (Å²) in [6, 6.07) is 9.83. The maximum Gasteiger partial charge on any atom is 0.0370 e. The molecular formula is C16H25N3. The number of benzene rings is 1. The van der Waals surface area contributed by atoms with Gasteiger partial charge in [0.1, 0.15) is 0 Å². The number of hydrogen-bond donors (Lipinski definition) is 1. The van der Waals surface area contributed by atoms with Gasteiger partial charge in [0.15, 0.2) is 0 Å². The lowest BCUT2D eigenvalue weighted by atomic mass is 10.1. The molecule has 0 radical (unpaired) electrons. The van der Waals surface area contributed by atoms with E-state index in [0.717, 1.165) is 19.6 Å². The second-order valence-electron chi connectivity index (χ2n) is 5.79. The fourth-order valence-electron chi connectivity index (χ4n) is 3.23. The molecule has 2 saturated heterocycles. The molecule has 1 unspecified atom stereocenters. The zero-order valence-electron chi connectivity index (χ0n) is 11.9. The first-order valence-electron chi connectivity index (χ1n) is 7.67.